The van der Waals surface area contributed by atoms with Crippen LogP contribution in [0.5, 0.6) is 0 Å². The van der Waals surface area contributed by atoms with Crippen molar-refractivity contribution in [3.8, 4) is 0 Å². The van der Waals surface area contributed by atoms with Crippen LogP contribution in [0.4, 0.5) is 11.5 Å². The first kappa shape index (κ1) is 16.0. The number of thioether (sulfide) groups is 1. The van der Waals surface area contributed by atoms with Crippen molar-refractivity contribution in [2.45, 2.75) is 0 Å². The summed E-state index contributed by atoms with van der Waals surface area (Å²) in [7, 11) is 4.94. The van der Waals surface area contributed by atoms with Crippen molar-refractivity contribution in [3.63, 3.8) is 0 Å². The number of fused-ring (bicyclic) bond motifs is 1. The lowest BCUT2D eigenvalue weighted by atomic mass is 10.4. The molecule has 1 atom stereocenters. The highest BCUT2D eigenvalue weighted by molar-refractivity contribution is 8.13. The van der Waals surface area contributed by atoms with Crippen LogP contribution >= 0.6 is 11.8 Å². The first-order chi connectivity index (χ1) is 8.49. The number of aliphatic imine (C=N–C) groups is 1. The van der Waals surface area contributed by atoms with Crippen LogP contribution in [-0.4, -0.2) is 33.6 Å². The van der Waals surface area contributed by atoms with Crippen molar-refractivity contribution >= 4 is 28.4 Å². The highest BCUT2D eigenvalue weighted by Crippen LogP contribution is 2.21. The highest BCUT2D eigenvalue weighted by Gasteiger charge is 2.33. The minimum absolute atomic E-state index is 0. The first-order valence-corrected chi connectivity index (χ1v) is 6.53. The second-order valence-electron chi connectivity index (χ2n) is 4.08. The number of nitrogens with one attached hydrogen (secondary N) is 1. The molecule has 9 heteroatoms. The molecule has 7 nitrogen and oxygen atoms in total. The Morgan fingerprint density at radius 3 is 2.53 bits per heavy atom. The fraction of sp³-hybridized carbons (Fsp3) is 0.500. The highest BCUT2D eigenvalue weighted by atomic mass is 35.5. The molecule has 0 saturated heterocycles. The third-order valence-electron chi connectivity index (χ3n) is 2.89. The summed E-state index contributed by atoms with van der Waals surface area (Å²) in [6.07, 6.45) is 0. The maximum Gasteiger partial charge on any atom is 0.332 e. The Morgan fingerprint density at radius 2 is 1.95 bits per heavy atom. The van der Waals surface area contributed by atoms with Gasteiger partial charge in [0.1, 0.15) is 0 Å². The van der Waals surface area contributed by atoms with E-state index in [4.69, 9.17) is 5.73 Å². The summed E-state index contributed by atoms with van der Waals surface area (Å²) in [5, 5.41) is 0.772. The smallest absolute Gasteiger partial charge is 0.332 e. The molecule has 1 aromatic rings. The van der Waals surface area contributed by atoms with E-state index in [1.807, 2.05) is 7.05 Å². The Morgan fingerprint density at radius 1 is 1.32 bits per heavy atom. The van der Waals surface area contributed by atoms with Gasteiger partial charge < -0.3 is 18.1 Å². The number of hydrogen-bond donors (Lipinski definition) is 2. The Labute approximate surface area is 120 Å². The number of aromatic nitrogens is 2. The molecule has 0 aromatic carbocycles. The Hall–Kier alpha value is -1.09. The van der Waals surface area contributed by atoms with E-state index in [0.29, 0.717) is 18.1 Å². The molecular formula is C10H16ClN5O2S. The van der Waals surface area contributed by atoms with E-state index in [0.717, 1.165) is 20.4 Å². The molecule has 0 radical (unpaired) electrons. The largest absolute Gasteiger partial charge is 1.00 e. The van der Waals surface area contributed by atoms with Gasteiger partial charge in [0.15, 0.2) is 0 Å². The van der Waals surface area contributed by atoms with Gasteiger partial charge >= 0.3 is 11.2 Å². The fourth-order valence-electron chi connectivity index (χ4n) is 1.88. The average molecular weight is 306 g/mol. The lowest BCUT2D eigenvalue weighted by Crippen LogP contribution is -3.06. The van der Waals surface area contributed by atoms with Crippen LogP contribution in [0, 0.1) is 0 Å². The summed E-state index contributed by atoms with van der Waals surface area (Å²) < 4.78 is 2.50. The van der Waals surface area contributed by atoms with E-state index in [1.165, 1.54) is 23.4 Å². The Kier molecular flexibility index (Phi) is 4.97. The van der Waals surface area contributed by atoms with E-state index >= 15 is 0 Å². The number of hydrogen-bond acceptors (Lipinski definition) is 5. The minimum atomic E-state index is -0.361. The molecule has 1 aliphatic heterocycles. The SMILES string of the molecule is Cn1c2c(c(=O)n(C)c1=O)[NH+](C)C(SCCN)=N2.[Cl-]. The third-order valence-corrected chi connectivity index (χ3v) is 4.00. The predicted molar refractivity (Wildman–Crippen MR) is 72.1 cm³/mol. The summed E-state index contributed by atoms with van der Waals surface area (Å²) in [6, 6.07) is 0. The van der Waals surface area contributed by atoms with Crippen molar-refractivity contribution in [2.75, 3.05) is 19.3 Å². The molecule has 1 aliphatic rings. The van der Waals surface area contributed by atoms with Crippen molar-refractivity contribution < 1.29 is 17.3 Å². The van der Waals surface area contributed by atoms with Crippen LogP contribution in [-0.2, 0) is 14.1 Å². The quantitative estimate of drug-likeness (QED) is 0.572. The van der Waals surface area contributed by atoms with Gasteiger partial charge in [-0.1, -0.05) is 0 Å². The average Bonchev–Trinajstić information content (AvgIpc) is 2.69. The molecule has 0 amide bonds. The zero-order chi connectivity index (χ0) is 13.4. The molecule has 0 spiro atoms. The summed E-state index contributed by atoms with van der Waals surface area (Å²) in [6.45, 7) is 0.546. The summed E-state index contributed by atoms with van der Waals surface area (Å²) in [5.41, 5.74) is 5.32. The minimum Gasteiger partial charge on any atom is -1.00 e. The van der Waals surface area contributed by atoms with Gasteiger partial charge in [-0.05, 0) is 11.8 Å². The van der Waals surface area contributed by atoms with Gasteiger partial charge in [-0.25, -0.2) is 9.69 Å². The molecule has 106 valence electrons. The molecule has 0 fully saturated rings. The third kappa shape index (κ3) is 2.48. The van der Waals surface area contributed by atoms with Crippen LogP contribution in [0.2, 0.25) is 0 Å². The predicted octanol–water partition coefficient (Wildman–Crippen LogP) is -5.07. The molecule has 2 heterocycles. The van der Waals surface area contributed by atoms with Crippen LogP contribution in [0.15, 0.2) is 14.6 Å². The molecule has 3 N–H and O–H groups in total. The normalized spacial score (nSPS) is 16.8. The molecule has 19 heavy (non-hydrogen) atoms. The van der Waals surface area contributed by atoms with Crippen molar-refractivity contribution in [3.05, 3.63) is 20.8 Å². The Balaban J connectivity index is 0.00000180. The summed E-state index contributed by atoms with van der Waals surface area (Å²) in [5.74, 6) is 1.18. The van der Waals surface area contributed by atoms with E-state index in [-0.39, 0.29) is 23.7 Å². The second kappa shape index (κ2) is 5.91. The van der Waals surface area contributed by atoms with Crippen LogP contribution in [0.25, 0.3) is 0 Å². The number of quaternary nitrogens is 1. The van der Waals surface area contributed by atoms with E-state index in [2.05, 4.69) is 4.99 Å². The standard InChI is InChI=1S/C10H15N5O2S.ClH/c1-13-6-7(12-9(13)18-5-4-11)14(2)10(17)15(3)8(6)16;/h4-5,11H2,1-3H3;1H. The van der Waals surface area contributed by atoms with E-state index in [1.54, 1.807) is 7.05 Å². The first-order valence-electron chi connectivity index (χ1n) is 5.55. The second-order valence-corrected chi connectivity index (χ2v) is 5.17. The van der Waals surface area contributed by atoms with Gasteiger partial charge in [0.25, 0.3) is 5.17 Å². The number of amidine groups is 1. The van der Waals surface area contributed by atoms with Crippen LogP contribution in [0.1, 0.15) is 0 Å². The fourth-order valence-corrected chi connectivity index (χ4v) is 2.66. The lowest BCUT2D eigenvalue weighted by Gasteiger charge is -2.09. The molecule has 2 rings (SSSR count). The monoisotopic (exact) mass is 305 g/mol. The van der Waals surface area contributed by atoms with Crippen molar-refractivity contribution in [1.29, 1.82) is 0 Å². The number of nitrogens with two attached hydrogens (primary N) is 1. The van der Waals surface area contributed by atoms with E-state index < -0.39 is 0 Å². The van der Waals surface area contributed by atoms with Gasteiger partial charge in [0.05, 0.1) is 7.05 Å². The van der Waals surface area contributed by atoms with Gasteiger partial charge in [0.2, 0.25) is 11.5 Å². The molecule has 0 bridgehead atoms. The summed E-state index contributed by atoms with van der Waals surface area (Å²) in [4.78, 5) is 29.1. The Bertz CT molecular complexity index is 636. The zero-order valence-corrected chi connectivity index (χ0v) is 12.5. The topological polar surface area (TPSA) is 86.8 Å². The van der Waals surface area contributed by atoms with Gasteiger partial charge in [-0.2, -0.15) is 4.99 Å². The number of rotatable bonds is 2. The van der Waals surface area contributed by atoms with Crippen LogP contribution in [0.3, 0.4) is 0 Å². The molecule has 0 saturated carbocycles. The zero-order valence-electron chi connectivity index (χ0n) is 10.9. The summed E-state index contributed by atoms with van der Waals surface area (Å²) >= 11 is 1.50. The van der Waals surface area contributed by atoms with Crippen molar-refractivity contribution in [2.24, 2.45) is 24.8 Å². The maximum atomic E-state index is 12.1. The van der Waals surface area contributed by atoms with Gasteiger partial charge in [-0.15, -0.1) is 0 Å². The molecule has 1 unspecified atom stereocenters. The number of halogens is 1. The lowest BCUT2D eigenvalue weighted by molar-refractivity contribution is -0.697. The van der Waals surface area contributed by atoms with Gasteiger partial charge in [0, 0.05) is 26.4 Å². The number of nitrogens with zero attached hydrogens (tertiary/aromatic N) is 3. The molecule has 1 aromatic heterocycles. The maximum absolute atomic E-state index is 12.1. The van der Waals surface area contributed by atoms with Crippen LogP contribution < -0.4 is 34.3 Å². The van der Waals surface area contributed by atoms with E-state index in [9.17, 15) is 9.59 Å². The van der Waals surface area contributed by atoms with Crippen molar-refractivity contribution in [1.82, 2.24) is 9.13 Å². The van der Waals surface area contributed by atoms with Gasteiger partial charge in [-0.3, -0.25) is 13.9 Å². The molecule has 0 aliphatic carbocycles. The molecular weight excluding hydrogens is 290 g/mol.